The van der Waals surface area contributed by atoms with Crippen LogP contribution in [-0.2, 0) is 5.88 Å². The maximum Gasteiger partial charge on any atom is 0.129 e. The number of halogens is 3. The number of benzene rings is 2. The smallest absolute Gasteiger partial charge is 0.129 e. The molecule has 0 aliphatic heterocycles. The summed E-state index contributed by atoms with van der Waals surface area (Å²) >= 11 is 15.8. The molecule has 5 heteroatoms. The molecule has 1 heterocycles. The van der Waals surface area contributed by atoms with Crippen LogP contribution in [0, 0.1) is 6.92 Å². The van der Waals surface area contributed by atoms with Gasteiger partial charge in [-0.05, 0) is 52.7 Å². The largest absolute Gasteiger partial charge is 0.294 e. The molecule has 0 saturated heterocycles. The zero-order valence-electron chi connectivity index (χ0n) is 10.7. The summed E-state index contributed by atoms with van der Waals surface area (Å²) in [5.41, 5.74) is 4.02. The summed E-state index contributed by atoms with van der Waals surface area (Å²) in [4.78, 5) is 4.57. The highest BCUT2D eigenvalue weighted by Gasteiger charge is 2.14. The summed E-state index contributed by atoms with van der Waals surface area (Å²) in [6, 6.07) is 11.8. The first kappa shape index (κ1) is 13.9. The van der Waals surface area contributed by atoms with Crippen molar-refractivity contribution >= 4 is 50.2 Å². The van der Waals surface area contributed by atoms with Crippen LogP contribution >= 0.6 is 39.1 Å². The maximum absolute atomic E-state index is 6.12. The minimum atomic E-state index is 0.340. The Balaban J connectivity index is 2.39. The summed E-state index contributed by atoms with van der Waals surface area (Å²) in [6.07, 6.45) is 0. The van der Waals surface area contributed by atoms with E-state index < -0.39 is 0 Å². The molecule has 0 aliphatic carbocycles. The number of hydrogen-bond donors (Lipinski definition) is 0. The molecule has 0 amide bonds. The van der Waals surface area contributed by atoms with Crippen LogP contribution < -0.4 is 0 Å². The number of rotatable bonds is 2. The van der Waals surface area contributed by atoms with E-state index in [0.717, 1.165) is 32.6 Å². The molecule has 2 aromatic carbocycles. The van der Waals surface area contributed by atoms with Gasteiger partial charge in [-0.1, -0.05) is 23.7 Å². The van der Waals surface area contributed by atoms with Gasteiger partial charge >= 0.3 is 0 Å². The molecule has 0 bridgehead atoms. The number of alkyl halides is 1. The number of aryl methyl sites for hydroxylation is 1. The van der Waals surface area contributed by atoms with Gasteiger partial charge in [0.2, 0.25) is 0 Å². The first-order valence-corrected chi connectivity index (χ1v) is 7.80. The Bertz CT molecular complexity index is 796. The van der Waals surface area contributed by atoms with Crippen LogP contribution in [0.5, 0.6) is 0 Å². The lowest BCUT2D eigenvalue weighted by molar-refractivity contribution is 0.974. The summed E-state index contributed by atoms with van der Waals surface area (Å²) in [6.45, 7) is 2.06. The van der Waals surface area contributed by atoms with Crippen molar-refractivity contribution < 1.29 is 0 Å². The molecule has 0 radical (unpaired) electrons. The van der Waals surface area contributed by atoms with Gasteiger partial charge in [0.15, 0.2) is 0 Å². The summed E-state index contributed by atoms with van der Waals surface area (Å²) < 4.78 is 3.08. The molecule has 3 aromatic rings. The molecule has 0 aliphatic rings. The molecule has 1 aromatic heterocycles. The average Bonchev–Trinajstić information content (AvgIpc) is 2.79. The van der Waals surface area contributed by atoms with E-state index in [1.165, 1.54) is 0 Å². The van der Waals surface area contributed by atoms with Gasteiger partial charge in [0.1, 0.15) is 5.82 Å². The van der Waals surface area contributed by atoms with Crippen molar-refractivity contribution in [2.24, 2.45) is 0 Å². The minimum Gasteiger partial charge on any atom is -0.294 e. The summed E-state index contributed by atoms with van der Waals surface area (Å²) in [7, 11) is 0. The van der Waals surface area contributed by atoms with Gasteiger partial charge in [-0.15, -0.1) is 11.6 Å². The molecule has 2 nitrogen and oxygen atoms in total. The van der Waals surface area contributed by atoms with Crippen LogP contribution in [0.15, 0.2) is 40.9 Å². The molecule has 0 unspecified atom stereocenters. The van der Waals surface area contributed by atoms with Gasteiger partial charge < -0.3 is 0 Å². The van der Waals surface area contributed by atoms with E-state index in [1.54, 1.807) is 0 Å². The monoisotopic (exact) mass is 368 g/mol. The van der Waals surface area contributed by atoms with Crippen molar-refractivity contribution in [1.29, 1.82) is 0 Å². The number of hydrogen-bond acceptors (Lipinski definition) is 1. The third-order valence-corrected chi connectivity index (χ3v) is 4.72. The molecular formula is C15H11BrCl2N2. The van der Waals surface area contributed by atoms with E-state index in [-0.39, 0.29) is 0 Å². The lowest BCUT2D eigenvalue weighted by atomic mass is 10.2. The lowest BCUT2D eigenvalue weighted by Gasteiger charge is -2.11. The number of aromatic nitrogens is 2. The van der Waals surface area contributed by atoms with Gasteiger partial charge in [-0.2, -0.15) is 0 Å². The van der Waals surface area contributed by atoms with Crippen LogP contribution in [0.3, 0.4) is 0 Å². The van der Waals surface area contributed by atoms with Crippen molar-refractivity contribution in [3.63, 3.8) is 0 Å². The van der Waals surface area contributed by atoms with Crippen molar-refractivity contribution in [1.82, 2.24) is 9.55 Å². The van der Waals surface area contributed by atoms with E-state index >= 15 is 0 Å². The minimum absolute atomic E-state index is 0.340. The lowest BCUT2D eigenvalue weighted by Crippen LogP contribution is -2.01. The molecule has 0 atom stereocenters. The van der Waals surface area contributed by atoms with E-state index in [2.05, 4.69) is 33.9 Å². The molecule has 102 valence electrons. The SMILES string of the molecule is Cc1cccc(-n2c(CCl)nc3ccc(Cl)cc32)c1Br. The molecule has 20 heavy (non-hydrogen) atoms. The molecule has 0 saturated carbocycles. The van der Waals surface area contributed by atoms with Crippen molar-refractivity contribution in [2.45, 2.75) is 12.8 Å². The number of imidazole rings is 1. The normalized spacial score (nSPS) is 11.2. The Morgan fingerprint density at radius 1 is 1.25 bits per heavy atom. The van der Waals surface area contributed by atoms with E-state index in [4.69, 9.17) is 23.2 Å². The quantitative estimate of drug-likeness (QED) is 0.546. The van der Waals surface area contributed by atoms with Crippen LogP contribution in [-0.4, -0.2) is 9.55 Å². The molecule has 0 spiro atoms. The molecule has 0 fully saturated rings. The highest BCUT2D eigenvalue weighted by Crippen LogP contribution is 2.31. The maximum atomic E-state index is 6.12. The topological polar surface area (TPSA) is 17.8 Å². The van der Waals surface area contributed by atoms with Gasteiger partial charge in [0, 0.05) is 9.50 Å². The van der Waals surface area contributed by atoms with Crippen molar-refractivity contribution in [2.75, 3.05) is 0 Å². The zero-order valence-corrected chi connectivity index (χ0v) is 13.8. The first-order valence-electron chi connectivity index (χ1n) is 6.10. The fourth-order valence-corrected chi connectivity index (χ4v) is 3.05. The van der Waals surface area contributed by atoms with Crippen LogP contribution in [0.4, 0.5) is 0 Å². The average molecular weight is 370 g/mol. The third kappa shape index (κ3) is 2.24. The second kappa shape index (κ2) is 5.40. The standard InChI is InChI=1S/C15H11BrCl2N2/c1-9-3-2-4-12(15(9)16)20-13-7-10(18)5-6-11(13)19-14(20)8-17/h2-7H,8H2,1H3. The van der Waals surface area contributed by atoms with E-state index in [9.17, 15) is 0 Å². The second-order valence-electron chi connectivity index (χ2n) is 4.54. The Morgan fingerprint density at radius 3 is 2.80 bits per heavy atom. The molecule has 3 rings (SSSR count). The van der Waals surface area contributed by atoms with E-state index in [0.29, 0.717) is 10.9 Å². The van der Waals surface area contributed by atoms with Gasteiger partial charge in [-0.3, -0.25) is 4.57 Å². The van der Waals surface area contributed by atoms with Gasteiger partial charge in [0.25, 0.3) is 0 Å². The predicted molar refractivity (Wildman–Crippen MR) is 88.1 cm³/mol. The Labute approximate surface area is 135 Å². The Kier molecular flexibility index (Phi) is 3.76. The summed E-state index contributed by atoms with van der Waals surface area (Å²) in [5.74, 6) is 1.14. The van der Waals surface area contributed by atoms with Crippen LogP contribution in [0.2, 0.25) is 5.02 Å². The fourth-order valence-electron chi connectivity index (χ4n) is 2.26. The van der Waals surface area contributed by atoms with Crippen LogP contribution in [0.25, 0.3) is 16.7 Å². The van der Waals surface area contributed by atoms with Gasteiger partial charge in [-0.25, -0.2) is 4.98 Å². The van der Waals surface area contributed by atoms with Crippen molar-refractivity contribution in [3.05, 3.63) is 57.3 Å². The Hall–Kier alpha value is -1.03. The second-order valence-corrected chi connectivity index (χ2v) is 6.03. The van der Waals surface area contributed by atoms with Crippen molar-refractivity contribution in [3.8, 4) is 5.69 Å². The molecular weight excluding hydrogens is 359 g/mol. The predicted octanol–water partition coefficient (Wildman–Crippen LogP) is 5.49. The van der Waals surface area contributed by atoms with Gasteiger partial charge in [0.05, 0.1) is 22.6 Å². The first-order chi connectivity index (χ1) is 9.61. The highest BCUT2D eigenvalue weighted by atomic mass is 79.9. The highest BCUT2D eigenvalue weighted by molar-refractivity contribution is 9.10. The van der Waals surface area contributed by atoms with Crippen LogP contribution in [0.1, 0.15) is 11.4 Å². The Morgan fingerprint density at radius 2 is 2.05 bits per heavy atom. The summed E-state index contributed by atoms with van der Waals surface area (Å²) in [5, 5.41) is 0.684. The fraction of sp³-hybridized carbons (Fsp3) is 0.133. The molecule has 0 N–H and O–H groups in total. The number of nitrogens with zero attached hydrogens (tertiary/aromatic N) is 2. The number of fused-ring (bicyclic) bond motifs is 1. The zero-order chi connectivity index (χ0) is 14.3. The third-order valence-electron chi connectivity index (χ3n) is 3.22. The van der Waals surface area contributed by atoms with E-state index in [1.807, 2.05) is 34.9 Å².